The largest absolute Gasteiger partial charge is 0.345 e. The minimum atomic E-state index is -0.683. The number of hydrogen-bond donors (Lipinski definition) is 1. The number of halogens is 2. The van der Waals surface area contributed by atoms with Crippen LogP contribution in [0.1, 0.15) is 20.7 Å². The minimum absolute atomic E-state index is 0.0463. The highest BCUT2D eigenvalue weighted by Gasteiger charge is 2.17. The van der Waals surface area contributed by atoms with Crippen LogP contribution in [0.15, 0.2) is 42.5 Å². The van der Waals surface area contributed by atoms with Crippen molar-refractivity contribution in [3.8, 4) is 0 Å². The lowest BCUT2D eigenvalue weighted by Gasteiger charge is -2.05. The van der Waals surface area contributed by atoms with Crippen LogP contribution in [0.5, 0.6) is 0 Å². The second-order valence-corrected chi connectivity index (χ2v) is 5.38. The van der Waals surface area contributed by atoms with E-state index in [1.54, 1.807) is 24.3 Å². The Morgan fingerprint density at radius 2 is 1.65 bits per heavy atom. The molecular weight excluding hydrogens is 343 g/mol. The summed E-state index contributed by atoms with van der Waals surface area (Å²) in [6.07, 6.45) is 0. The predicted octanol–water partition coefficient (Wildman–Crippen LogP) is 3.51. The molecule has 1 amide bonds. The summed E-state index contributed by atoms with van der Waals surface area (Å²) in [7, 11) is 0. The van der Waals surface area contributed by atoms with Crippen molar-refractivity contribution in [1.82, 2.24) is 5.32 Å². The van der Waals surface area contributed by atoms with Crippen LogP contribution in [-0.4, -0.2) is 23.2 Å². The molecule has 0 aliphatic heterocycles. The summed E-state index contributed by atoms with van der Waals surface area (Å²) in [5.41, 5.74) is 0.0742. The Morgan fingerprint density at radius 1 is 1.04 bits per heavy atom. The maximum absolute atomic E-state index is 12.0. The van der Waals surface area contributed by atoms with Gasteiger partial charge in [-0.05, 0) is 36.4 Å². The summed E-state index contributed by atoms with van der Waals surface area (Å²) >= 11 is 11.4. The third-order valence-electron chi connectivity index (χ3n) is 2.98. The molecule has 0 atom stereocenters. The minimum Gasteiger partial charge on any atom is -0.345 e. The molecule has 6 nitrogen and oxygen atoms in total. The van der Waals surface area contributed by atoms with Gasteiger partial charge in [0.1, 0.15) is 5.02 Å². The monoisotopic (exact) mass is 352 g/mol. The van der Waals surface area contributed by atoms with Gasteiger partial charge in [0, 0.05) is 22.2 Å². The normalized spacial score (nSPS) is 10.2. The van der Waals surface area contributed by atoms with Crippen LogP contribution in [0.3, 0.4) is 0 Å². The second kappa shape index (κ2) is 7.21. The molecule has 2 aromatic carbocycles. The molecule has 2 aromatic rings. The van der Waals surface area contributed by atoms with E-state index in [1.807, 2.05) is 0 Å². The Bertz CT molecular complexity index is 776. The number of Topliss-reactive ketones (excluding diaryl/α,β-unsaturated/α-hetero) is 1. The zero-order valence-electron chi connectivity index (χ0n) is 11.6. The van der Waals surface area contributed by atoms with Crippen molar-refractivity contribution in [1.29, 1.82) is 0 Å². The first-order valence-electron chi connectivity index (χ1n) is 6.39. The highest BCUT2D eigenvalue weighted by atomic mass is 35.5. The lowest BCUT2D eigenvalue weighted by Crippen LogP contribution is -2.29. The summed E-state index contributed by atoms with van der Waals surface area (Å²) in [5.74, 6) is -0.912. The van der Waals surface area contributed by atoms with Gasteiger partial charge in [-0.15, -0.1) is 0 Å². The van der Waals surface area contributed by atoms with Crippen molar-refractivity contribution in [2.45, 2.75) is 0 Å². The molecule has 0 spiro atoms. The number of ketones is 1. The van der Waals surface area contributed by atoms with Gasteiger partial charge in [-0.2, -0.15) is 0 Å². The van der Waals surface area contributed by atoms with Gasteiger partial charge in [0.25, 0.3) is 11.6 Å². The third-order valence-corrected chi connectivity index (χ3v) is 3.55. The summed E-state index contributed by atoms with van der Waals surface area (Å²) in [6, 6.07) is 9.89. The van der Waals surface area contributed by atoms with Gasteiger partial charge in [0.05, 0.1) is 11.5 Å². The van der Waals surface area contributed by atoms with E-state index in [4.69, 9.17) is 23.2 Å². The third kappa shape index (κ3) is 4.28. The van der Waals surface area contributed by atoms with Crippen LogP contribution in [0.4, 0.5) is 5.69 Å². The number of nitrogens with zero attached hydrogens (tertiary/aromatic N) is 1. The van der Waals surface area contributed by atoms with Crippen LogP contribution in [-0.2, 0) is 0 Å². The molecule has 0 unspecified atom stereocenters. The SMILES string of the molecule is O=C(CNC(=O)c1ccc(Cl)c([N+](=O)[O-])c1)c1ccc(Cl)cc1. The number of carbonyl (C=O) groups excluding carboxylic acids is 2. The van der Waals surface area contributed by atoms with E-state index in [9.17, 15) is 19.7 Å². The first-order valence-corrected chi connectivity index (χ1v) is 7.15. The summed E-state index contributed by atoms with van der Waals surface area (Å²) < 4.78 is 0. The molecule has 0 radical (unpaired) electrons. The van der Waals surface area contributed by atoms with E-state index in [-0.39, 0.29) is 28.6 Å². The van der Waals surface area contributed by atoms with Crippen molar-refractivity contribution in [2.24, 2.45) is 0 Å². The van der Waals surface area contributed by atoms with Crippen LogP contribution in [0.25, 0.3) is 0 Å². The molecule has 0 aromatic heterocycles. The lowest BCUT2D eigenvalue weighted by atomic mass is 10.1. The van der Waals surface area contributed by atoms with Crippen molar-refractivity contribution >= 4 is 40.6 Å². The van der Waals surface area contributed by atoms with Crippen LogP contribution in [0.2, 0.25) is 10.0 Å². The second-order valence-electron chi connectivity index (χ2n) is 4.54. The maximum Gasteiger partial charge on any atom is 0.288 e. The summed E-state index contributed by atoms with van der Waals surface area (Å²) in [6.45, 7) is -0.239. The van der Waals surface area contributed by atoms with Crippen LogP contribution < -0.4 is 5.32 Å². The molecular formula is C15H10Cl2N2O4. The van der Waals surface area contributed by atoms with E-state index in [2.05, 4.69) is 5.32 Å². The van der Waals surface area contributed by atoms with Gasteiger partial charge in [-0.3, -0.25) is 19.7 Å². The molecule has 0 heterocycles. The number of rotatable bonds is 5. The molecule has 0 aliphatic rings. The van der Waals surface area contributed by atoms with Gasteiger partial charge in [-0.25, -0.2) is 0 Å². The number of amides is 1. The van der Waals surface area contributed by atoms with Crippen LogP contribution >= 0.6 is 23.2 Å². The van der Waals surface area contributed by atoms with Crippen LogP contribution in [0, 0.1) is 10.1 Å². The number of benzene rings is 2. The first kappa shape index (κ1) is 16.9. The highest BCUT2D eigenvalue weighted by Crippen LogP contribution is 2.24. The standard InChI is InChI=1S/C15H10Cl2N2O4/c16-11-4-1-9(2-5-11)14(20)8-18-15(21)10-3-6-12(17)13(7-10)19(22)23/h1-7H,8H2,(H,18,21). The van der Waals surface area contributed by atoms with Gasteiger partial charge in [-0.1, -0.05) is 23.2 Å². The number of nitrogens with one attached hydrogen (secondary N) is 1. The number of nitro benzene ring substituents is 1. The average molecular weight is 353 g/mol. The fourth-order valence-electron chi connectivity index (χ4n) is 1.79. The molecule has 0 fully saturated rings. The molecule has 23 heavy (non-hydrogen) atoms. The highest BCUT2D eigenvalue weighted by molar-refractivity contribution is 6.32. The molecule has 0 bridgehead atoms. The van der Waals surface area contributed by atoms with Gasteiger partial charge in [0.15, 0.2) is 5.78 Å². The van der Waals surface area contributed by atoms with Gasteiger partial charge < -0.3 is 5.32 Å². The van der Waals surface area contributed by atoms with Crippen molar-refractivity contribution in [3.05, 3.63) is 73.8 Å². The molecule has 1 N–H and O–H groups in total. The number of carbonyl (C=O) groups is 2. The Kier molecular flexibility index (Phi) is 5.31. The van der Waals surface area contributed by atoms with Crippen molar-refractivity contribution < 1.29 is 14.5 Å². The molecule has 0 aliphatic carbocycles. The average Bonchev–Trinajstić information content (AvgIpc) is 2.53. The Morgan fingerprint density at radius 3 is 2.26 bits per heavy atom. The molecule has 0 saturated carbocycles. The molecule has 8 heteroatoms. The van der Waals surface area contributed by atoms with E-state index in [0.29, 0.717) is 10.6 Å². The fourth-order valence-corrected chi connectivity index (χ4v) is 2.11. The first-order chi connectivity index (χ1) is 10.9. The Balaban J connectivity index is 2.05. The Hall–Kier alpha value is -2.44. The zero-order chi connectivity index (χ0) is 17.0. The van der Waals surface area contributed by atoms with E-state index in [1.165, 1.54) is 12.1 Å². The lowest BCUT2D eigenvalue weighted by molar-refractivity contribution is -0.384. The fraction of sp³-hybridized carbons (Fsp3) is 0.0667. The Labute approximate surface area is 141 Å². The maximum atomic E-state index is 12.0. The number of nitro groups is 1. The molecule has 2 rings (SSSR count). The zero-order valence-corrected chi connectivity index (χ0v) is 13.1. The molecule has 0 saturated heterocycles. The molecule has 118 valence electrons. The van der Waals surface area contributed by atoms with Gasteiger partial charge in [0.2, 0.25) is 0 Å². The van der Waals surface area contributed by atoms with E-state index >= 15 is 0 Å². The quantitative estimate of drug-likeness (QED) is 0.506. The number of hydrogen-bond acceptors (Lipinski definition) is 4. The summed E-state index contributed by atoms with van der Waals surface area (Å²) in [5, 5.41) is 13.6. The van der Waals surface area contributed by atoms with Gasteiger partial charge >= 0.3 is 0 Å². The van der Waals surface area contributed by atoms with E-state index < -0.39 is 10.8 Å². The predicted molar refractivity (Wildman–Crippen MR) is 86.2 cm³/mol. The van der Waals surface area contributed by atoms with E-state index in [0.717, 1.165) is 6.07 Å². The summed E-state index contributed by atoms with van der Waals surface area (Å²) in [4.78, 5) is 34.0. The topological polar surface area (TPSA) is 89.3 Å². The smallest absolute Gasteiger partial charge is 0.288 e. The van der Waals surface area contributed by atoms with Crippen molar-refractivity contribution in [2.75, 3.05) is 6.54 Å². The van der Waals surface area contributed by atoms with Crippen molar-refractivity contribution in [3.63, 3.8) is 0 Å².